The molecule has 3 nitrogen and oxygen atoms in total. The van der Waals surface area contributed by atoms with Crippen LogP contribution in [-0.2, 0) is 4.79 Å². The predicted molar refractivity (Wildman–Crippen MR) is 53.5 cm³/mol. The molecule has 0 saturated carbocycles. The number of likely N-dealkylation sites (N-methyl/N-ethyl adjacent to an activating group) is 1. The summed E-state index contributed by atoms with van der Waals surface area (Å²) in [7, 11) is 1.54. The molecule has 0 aliphatic heterocycles. The molecule has 1 atom stereocenters. The van der Waals surface area contributed by atoms with E-state index in [-0.39, 0.29) is 4.47 Å². The molecule has 0 heterocycles. The Kier molecular flexibility index (Phi) is 3.60. The summed E-state index contributed by atoms with van der Waals surface area (Å²) in [6, 6.07) is 3.30. The number of rotatable bonds is 3. The molecule has 0 spiro atoms. The van der Waals surface area contributed by atoms with Crippen LogP contribution in [0.5, 0.6) is 0 Å². The largest absolute Gasteiger partial charge is 0.480 e. The van der Waals surface area contributed by atoms with Crippen molar-refractivity contribution in [3.05, 3.63) is 34.1 Å². The summed E-state index contributed by atoms with van der Waals surface area (Å²) >= 11 is 3.00. The lowest BCUT2D eigenvalue weighted by Gasteiger charge is -2.11. The zero-order valence-electron chi connectivity index (χ0n) is 7.42. The molecule has 0 fully saturated rings. The van der Waals surface area contributed by atoms with Crippen molar-refractivity contribution >= 4 is 21.9 Å². The van der Waals surface area contributed by atoms with Crippen molar-refractivity contribution in [2.45, 2.75) is 6.04 Å². The molecule has 0 aromatic heterocycles. The molecule has 1 rings (SSSR count). The molecule has 0 aliphatic carbocycles. The maximum Gasteiger partial charge on any atom is 0.325 e. The summed E-state index contributed by atoms with van der Waals surface area (Å²) in [5.41, 5.74) is 0.508. The molecule has 1 aromatic rings. The third-order valence-corrected chi connectivity index (χ3v) is 2.42. The third-order valence-electron chi connectivity index (χ3n) is 1.81. The van der Waals surface area contributed by atoms with E-state index in [4.69, 9.17) is 5.11 Å². The van der Waals surface area contributed by atoms with Gasteiger partial charge in [-0.05, 0) is 40.7 Å². The van der Waals surface area contributed by atoms with Crippen molar-refractivity contribution < 1.29 is 14.3 Å². The van der Waals surface area contributed by atoms with Gasteiger partial charge in [-0.2, -0.15) is 0 Å². The molecule has 5 heteroatoms. The number of carbonyl (C=O) groups is 1. The van der Waals surface area contributed by atoms with Gasteiger partial charge in [0.25, 0.3) is 0 Å². The Balaban J connectivity index is 3.06. The van der Waals surface area contributed by atoms with E-state index in [0.717, 1.165) is 0 Å². The summed E-state index contributed by atoms with van der Waals surface area (Å²) in [4.78, 5) is 10.8. The fourth-order valence-electron chi connectivity index (χ4n) is 1.12. The summed E-state index contributed by atoms with van der Waals surface area (Å²) < 4.78 is 13.1. The average Bonchev–Trinajstić information content (AvgIpc) is 2.11. The molecule has 0 bridgehead atoms. The zero-order valence-corrected chi connectivity index (χ0v) is 9.01. The molecule has 2 N–H and O–H groups in total. The van der Waals surface area contributed by atoms with Gasteiger partial charge in [-0.15, -0.1) is 0 Å². The van der Waals surface area contributed by atoms with Gasteiger partial charge in [0.1, 0.15) is 11.9 Å². The van der Waals surface area contributed by atoms with Gasteiger partial charge in [0.15, 0.2) is 0 Å². The van der Waals surface area contributed by atoms with Crippen molar-refractivity contribution in [2.24, 2.45) is 0 Å². The van der Waals surface area contributed by atoms with Gasteiger partial charge in [0.05, 0.1) is 4.47 Å². The maximum atomic E-state index is 12.9. The standard InChI is InChI=1S/C9H9BrFNO2/c1-12-8(9(13)14)5-2-3-7(11)6(10)4-5/h2-4,8,12H,1H3,(H,13,14)/t8-/m0/s1. The van der Waals surface area contributed by atoms with Crippen molar-refractivity contribution in [1.82, 2.24) is 5.32 Å². The van der Waals surface area contributed by atoms with Gasteiger partial charge in [-0.25, -0.2) is 4.39 Å². The summed E-state index contributed by atoms with van der Waals surface area (Å²) in [6.07, 6.45) is 0. The average molecular weight is 262 g/mol. The van der Waals surface area contributed by atoms with E-state index in [2.05, 4.69) is 21.2 Å². The van der Waals surface area contributed by atoms with Crippen LogP contribution in [0.25, 0.3) is 0 Å². The number of nitrogens with one attached hydrogen (secondary N) is 1. The SMILES string of the molecule is CN[C@H](C(=O)O)c1ccc(F)c(Br)c1. The second-order valence-corrected chi connectivity index (χ2v) is 3.59. The number of carboxylic acid groups (broad SMARTS) is 1. The third kappa shape index (κ3) is 2.30. The van der Waals surface area contributed by atoms with Crippen LogP contribution < -0.4 is 5.32 Å². The minimum absolute atomic E-state index is 0.261. The zero-order chi connectivity index (χ0) is 10.7. The predicted octanol–water partition coefficient (Wildman–Crippen LogP) is 1.93. The smallest absolute Gasteiger partial charge is 0.325 e. The number of halogens is 2. The molecule has 0 saturated heterocycles. The maximum absolute atomic E-state index is 12.9. The molecule has 0 unspecified atom stereocenters. The van der Waals surface area contributed by atoms with Crippen molar-refractivity contribution in [3.8, 4) is 0 Å². The summed E-state index contributed by atoms with van der Waals surface area (Å²) in [5.74, 6) is -1.40. The Bertz CT molecular complexity index is 357. The lowest BCUT2D eigenvalue weighted by molar-refractivity contribution is -0.139. The Hall–Kier alpha value is -0.940. The minimum atomic E-state index is -0.994. The number of hydrogen-bond donors (Lipinski definition) is 2. The van der Waals surface area contributed by atoms with Crippen LogP contribution >= 0.6 is 15.9 Å². The molecule has 0 aliphatic rings. The molecular weight excluding hydrogens is 253 g/mol. The van der Waals surface area contributed by atoms with Crippen LogP contribution in [0.1, 0.15) is 11.6 Å². The van der Waals surface area contributed by atoms with E-state index in [0.29, 0.717) is 5.56 Å². The Labute approximate surface area is 89.1 Å². The van der Waals surface area contributed by atoms with E-state index in [9.17, 15) is 9.18 Å². The number of carboxylic acids is 1. The van der Waals surface area contributed by atoms with Gasteiger partial charge in [0.2, 0.25) is 0 Å². The molecule has 1 aromatic carbocycles. The molecule has 0 amide bonds. The van der Waals surface area contributed by atoms with E-state index < -0.39 is 17.8 Å². The lowest BCUT2D eigenvalue weighted by Crippen LogP contribution is -2.24. The van der Waals surface area contributed by atoms with Crippen LogP contribution in [-0.4, -0.2) is 18.1 Å². The quantitative estimate of drug-likeness (QED) is 0.875. The van der Waals surface area contributed by atoms with E-state index in [1.54, 1.807) is 0 Å². The second-order valence-electron chi connectivity index (χ2n) is 2.73. The van der Waals surface area contributed by atoms with Crippen LogP contribution in [0, 0.1) is 5.82 Å². The number of aliphatic carboxylic acids is 1. The highest BCUT2D eigenvalue weighted by Gasteiger charge is 2.17. The summed E-state index contributed by atoms with van der Waals surface area (Å²) in [5, 5.41) is 11.4. The first kappa shape index (κ1) is 11.1. The highest BCUT2D eigenvalue weighted by Crippen LogP contribution is 2.21. The van der Waals surface area contributed by atoms with E-state index >= 15 is 0 Å². The minimum Gasteiger partial charge on any atom is -0.480 e. The van der Waals surface area contributed by atoms with Crippen LogP contribution in [0.2, 0.25) is 0 Å². The highest BCUT2D eigenvalue weighted by atomic mass is 79.9. The van der Waals surface area contributed by atoms with Crippen LogP contribution in [0.15, 0.2) is 22.7 Å². The normalized spacial score (nSPS) is 12.5. The lowest BCUT2D eigenvalue weighted by atomic mass is 10.1. The van der Waals surface area contributed by atoms with Crippen LogP contribution in [0.4, 0.5) is 4.39 Å². The Morgan fingerprint density at radius 1 is 1.64 bits per heavy atom. The van der Waals surface area contributed by atoms with E-state index in [1.807, 2.05) is 0 Å². The first-order valence-electron chi connectivity index (χ1n) is 3.91. The van der Waals surface area contributed by atoms with Crippen molar-refractivity contribution in [2.75, 3.05) is 7.05 Å². The Morgan fingerprint density at radius 3 is 2.71 bits per heavy atom. The highest BCUT2D eigenvalue weighted by molar-refractivity contribution is 9.10. The summed E-state index contributed by atoms with van der Waals surface area (Å²) in [6.45, 7) is 0. The number of hydrogen-bond acceptors (Lipinski definition) is 2. The van der Waals surface area contributed by atoms with Gasteiger partial charge >= 0.3 is 5.97 Å². The Morgan fingerprint density at radius 2 is 2.29 bits per heavy atom. The van der Waals surface area contributed by atoms with Gasteiger partial charge < -0.3 is 10.4 Å². The first-order chi connectivity index (χ1) is 6.56. The van der Waals surface area contributed by atoms with Gasteiger partial charge in [-0.1, -0.05) is 6.07 Å². The molecule has 14 heavy (non-hydrogen) atoms. The fraction of sp³-hybridized carbons (Fsp3) is 0.222. The number of benzene rings is 1. The van der Waals surface area contributed by atoms with Gasteiger partial charge in [0, 0.05) is 0 Å². The molecule has 76 valence electrons. The molecular formula is C9H9BrFNO2. The monoisotopic (exact) mass is 261 g/mol. The fourth-order valence-corrected chi connectivity index (χ4v) is 1.52. The van der Waals surface area contributed by atoms with Gasteiger partial charge in [-0.3, -0.25) is 4.79 Å². The molecule has 0 radical (unpaired) electrons. The van der Waals surface area contributed by atoms with Crippen LogP contribution in [0.3, 0.4) is 0 Å². The topological polar surface area (TPSA) is 49.3 Å². The van der Waals surface area contributed by atoms with E-state index in [1.165, 1.54) is 25.2 Å². The van der Waals surface area contributed by atoms with Crippen molar-refractivity contribution in [3.63, 3.8) is 0 Å². The van der Waals surface area contributed by atoms with Crippen molar-refractivity contribution in [1.29, 1.82) is 0 Å². The first-order valence-corrected chi connectivity index (χ1v) is 4.70. The second kappa shape index (κ2) is 4.52.